The average Bonchev–Trinajstić information content (AvgIpc) is 2.17. The molecule has 1 N–H and O–H groups in total. The molecule has 0 saturated carbocycles. The van der Waals surface area contributed by atoms with Crippen LogP contribution in [0.15, 0.2) is 12.2 Å². The van der Waals surface area contributed by atoms with Gasteiger partial charge >= 0.3 is 0 Å². The molecule has 0 unspecified atom stereocenters. The number of hydrogen-bond acceptors (Lipinski definition) is 3. The number of aliphatic hydroxyl groups is 1. The first-order chi connectivity index (χ1) is 6.63. The molecule has 0 aliphatic rings. The fourth-order valence-electron chi connectivity index (χ4n) is 0.982. The van der Waals surface area contributed by atoms with Crippen molar-refractivity contribution in [3.63, 3.8) is 0 Å². The molecule has 0 aliphatic heterocycles. The minimum Gasteiger partial charge on any atom is -0.388 e. The van der Waals surface area contributed by atoms with Gasteiger partial charge in [-0.05, 0) is 12.2 Å². The molecule has 2 atom stereocenters. The van der Waals surface area contributed by atoms with Gasteiger partial charge in [0.05, 0.1) is 12.0 Å². The smallest absolute Gasteiger partial charge is 0.194 e. The van der Waals surface area contributed by atoms with Crippen molar-refractivity contribution >= 4 is 16.9 Å². The monoisotopic (exact) mass is 216 g/mol. The van der Waals surface area contributed by atoms with Gasteiger partial charge in [-0.2, -0.15) is 0 Å². The highest BCUT2D eigenvalue weighted by atomic mass is 32.2. The zero-order valence-electron chi connectivity index (χ0n) is 9.19. The standard InChI is InChI=1S/C11H20O2S/c1-4-6-7-8-10(12)9(3)11(13)14-5-2/h7-10,12H,4-6H2,1-3H3/t9-,10+/m1/s1. The molecule has 14 heavy (non-hydrogen) atoms. The number of carbonyl (C=O) groups is 1. The molecule has 0 rings (SSSR count). The lowest BCUT2D eigenvalue weighted by Crippen LogP contribution is -2.21. The van der Waals surface area contributed by atoms with Crippen molar-refractivity contribution in [1.29, 1.82) is 0 Å². The normalized spacial score (nSPS) is 15.7. The van der Waals surface area contributed by atoms with Gasteiger partial charge in [-0.3, -0.25) is 4.79 Å². The van der Waals surface area contributed by atoms with Crippen molar-refractivity contribution in [2.24, 2.45) is 5.92 Å². The van der Waals surface area contributed by atoms with Crippen LogP contribution in [0.5, 0.6) is 0 Å². The zero-order valence-corrected chi connectivity index (χ0v) is 10.0. The van der Waals surface area contributed by atoms with E-state index < -0.39 is 6.10 Å². The predicted octanol–water partition coefficient (Wildman–Crippen LogP) is 2.62. The Morgan fingerprint density at radius 3 is 2.64 bits per heavy atom. The summed E-state index contributed by atoms with van der Waals surface area (Å²) in [5, 5.41) is 9.69. The van der Waals surface area contributed by atoms with Gasteiger partial charge in [0.15, 0.2) is 5.12 Å². The Labute approximate surface area is 90.8 Å². The topological polar surface area (TPSA) is 37.3 Å². The summed E-state index contributed by atoms with van der Waals surface area (Å²) in [6.45, 7) is 5.79. The molecule has 2 nitrogen and oxygen atoms in total. The van der Waals surface area contributed by atoms with E-state index in [0.29, 0.717) is 0 Å². The Morgan fingerprint density at radius 1 is 1.50 bits per heavy atom. The second kappa shape index (κ2) is 8.06. The van der Waals surface area contributed by atoms with Crippen LogP contribution in [-0.4, -0.2) is 22.1 Å². The Balaban J connectivity index is 3.97. The molecule has 0 aromatic carbocycles. The minimum atomic E-state index is -0.631. The number of thioether (sulfide) groups is 1. The number of unbranched alkanes of at least 4 members (excludes halogenated alkanes) is 1. The lowest BCUT2D eigenvalue weighted by molar-refractivity contribution is -0.116. The average molecular weight is 216 g/mol. The summed E-state index contributed by atoms with van der Waals surface area (Å²) in [4.78, 5) is 11.4. The molecule has 0 fully saturated rings. The van der Waals surface area contributed by atoms with Crippen molar-refractivity contribution < 1.29 is 9.90 Å². The van der Waals surface area contributed by atoms with E-state index in [1.807, 2.05) is 13.0 Å². The van der Waals surface area contributed by atoms with Gasteiger partial charge in [0.25, 0.3) is 0 Å². The predicted molar refractivity (Wildman–Crippen MR) is 62.4 cm³/mol. The Morgan fingerprint density at radius 2 is 2.14 bits per heavy atom. The Hall–Kier alpha value is -0.280. The molecular formula is C11H20O2S. The molecule has 0 saturated heterocycles. The molecule has 0 bridgehead atoms. The van der Waals surface area contributed by atoms with Gasteiger partial charge in [0, 0.05) is 0 Å². The van der Waals surface area contributed by atoms with Crippen LogP contribution in [0.1, 0.15) is 33.6 Å². The summed E-state index contributed by atoms with van der Waals surface area (Å²) < 4.78 is 0. The Kier molecular flexibility index (Phi) is 7.90. The summed E-state index contributed by atoms with van der Waals surface area (Å²) in [7, 11) is 0. The van der Waals surface area contributed by atoms with E-state index in [4.69, 9.17) is 0 Å². The number of rotatable bonds is 6. The maximum absolute atomic E-state index is 11.4. The van der Waals surface area contributed by atoms with Crippen LogP contribution in [-0.2, 0) is 4.79 Å². The second-order valence-corrected chi connectivity index (χ2v) is 4.52. The fraction of sp³-hybridized carbons (Fsp3) is 0.727. The van der Waals surface area contributed by atoms with E-state index in [2.05, 4.69) is 6.92 Å². The fourth-order valence-corrected chi connectivity index (χ4v) is 1.67. The SMILES string of the molecule is CCCC=C[C@H](O)[C@@H](C)C(=O)SCC. The number of allylic oxidation sites excluding steroid dienone is 1. The summed E-state index contributed by atoms with van der Waals surface area (Å²) >= 11 is 1.27. The van der Waals surface area contributed by atoms with Crippen LogP contribution in [0, 0.1) is 5.92 Å². The first-order valence-electron chi connectivity index (χ1n) is 5.14. The van der Waals surface area contributed by atoms with Crippen molar-refractivity contribution in [2.75, 3.05) is 5.75 Å². The van der Waals surface area contributed by atoms with Crippen LogP contribution in [0.2, 0.25) is 0 Å². The molecule has 0 radical (unpaired) electrons. The maximum atomic E-state index is 11.4. The highest BCUT2D eigenvalue weighted by Gasteiger charge is 2.19. The summed E-state index contributed by atoms with van der Waals surface area (Å²) in [5.74, 6) is 0.474. The van der Waals surface area contributed by atoms with E-state index >= 15 is 0 Å². The highest BCUT2D eigenvalue weighted by molar-refractivity contribution is 8.13. The molecule has 82 valence electrons. The van der Waals surface area contributed by atoms with Crippen molar-refractivity contribution in [1.82, 2.24) is 0 Å². The molecule has 0 heterocycles. The first kappa shape index (κ1) is 13.7. The van der Waals surface area contributed by atoms with Crippen LogP contribution in [0.25, 0.3) is 0 Å². The number of carbonyl (C=O) groups excluding carboxylic acids is 1. The molecule has 0 amide bonds. The van der Waals surface area contributed by atoms with Crippen molar-refractivity contribution in [3.8, 4) is 0 Å². The van der Waals surface area contributed by atoms with Gasteiger partial charge in [-0.15, -0.1) is 0 Å². The first-order valence-corrected chi connectivity index (χ1v) is 6.13. The van der Waals surface area contributed by atoms with E-state index in [1.165, 1.54) is 11.8 Å². The van der Waals surface area contributed by atoms with Gasteiger partial charge in [-0.1, -0.05) is 51.1 Å². The van der Waals surface area contributed by atoms with Gasteiger partial charge in [0.1, 0.15) is 0 Å². The van der Waals surface area contributed by atoms with Crippen LogP contribution in [0.3, 0.4) is 0 Å². The Bertz CT molecular complexity index is 190. The highest BCUT2D eigenvalue weighted by Crippen LogP contribution is 2.15. The zero-order chi connectivity index (χ0) is 11.0. The number of aliphatic hydroxyl groups excluding tert-OH is 1. The maximum Gasteiger partial charge on any atom is 0.194 e. The second-order valence-electron chi connectivity index (χ2n) is 3.25. The summed E-state index contributed by atoms with van der Waals surface area (Å²) in [6.07, 6.45) is 5.05. The van der Waals surface area contributed by atoms with Crippen LogP contribution in [0.4, 0.5) is 0 Å². The minimum absolute atomic E-state index is 0.0705. The third-order valence-corrected chi connectivity index (χ3v) is 2.90. The van der Waals surface area contributed by atoms with E-state index in [-0.39, 0.29) is 11.0 Å². The lowest BCUT2D eigenvalue weighted by Gasteiger charge is -2.13. The molecule has 0 aromatic rings. The largest absolute Gasteiger partial charge is 0.388 e. The van der Waals surface area contributed by atoms with E-state index in [0.717, 1.165) is 18.6 Å². The van der Waals surface area contributed by atoms with E-state index in [9.17, 15) is 9.90 Å². The van der Waals surface area contributed by atoms with Crippen LogP contribution < -0.4 is 0 Å². The molecule has 0 spiro atoms. The van der Waals surface area contributed by atoms with Crippen LogP contribution >= 0.6 is 11.8 Å². The number of hydrogen-bond donors (Lipinski definition) is 1. The lowest BCUT2D eigenvalue weighted by atomic mass is 10.1. The van der Waals surface area contributed by atoms with E-state index in [1.54, 1.807) is 13.0 Å². The van der Waals surface area contributed by atoms with Gasteiger partial charge in [-0.25, -0.2) is 0 Å². The van der Waals surface area contributed by atoms with Crippen molar-refractivity contribution in [3.05, 3.63) is 12.2 Å². The summed E-state index contributed by atoms with van der Waals surface area (Å²) in [6, 6.07) is 0. The third kappa shape index (κ3) is 5.45. The van der Waals surface area contributed by atoms with Crippen molar-refractivity contribution in [2.45, 2.75) is 39.7 Å². The third-order valence-electron chi connectivity index (χ3n) is 1.96. The molecule has 0 aliphatic carbocycles. The van der Waals surface area contributed by atoms with Gasteiger partial charge < -0.3 is 5.11 Å². The molecule has 3 heteroatoms. The quantitative estimate of drug-likeness (QED) is 0.693. The molecular weight excluding hydrogens is 196 g/mol. The van der Waals surface area contributed by atoms with Gasteiger partial charge in [0.2, 0.25) is 0 Å². The molecule has 0 aromatic heterocycles. The summed E-state index contributed by atoms with van der Waals surface area (Å²) in [5.41, 5.74) is 0.